The summed E-state index contributed by atoms with van der Waals surface area (Å²) in [5.74, 6) is 0.677. The summed E-state index contributed by atoms with van der Waals surface area (Å²) in [5.41, 5.74) is 0. The van der Waals surface area contributed by atoms with E-state index in [0.717, 1.165) is 5.76 Å². The molecule has 2 amide bonds. The first-order valence-corrected chi connectivity index (χ1v) is 6.15. The van der Waals surface area contributed by atoms with Crippen molar-refractivity contribution in [3.05, 3.63) is 24.2 Å². The van der Waals surface area contributed by atoms with Gasteiger partial charge in [-0.05, 0) is 32.9 Å². The quantitative estimate of drug-likeness (QED) is 0.868. The first kappa shape index (κ1) is 12.7. The number of nitrogens with zero attached hydrogens (tertiary/aromatic N) is 1. The molecule has 3 atom stereocenters. The maximum absolute atomic E-state index is 12.1. The topological polar surface area (TPSA) is 62.6 Å². The Morgan fingerprint density at radius 1 is 1.44 bits per heavy atom. The SMILES string of the molecule is CC1NC(=O)C(C)N(C(C)Cc2ccco2)C1=O. The Labute approximate surface area is 106 Å². The van der Waals surface area contributed by atoms with Gasteiger partial charge in [-0.1, -0.05) is 0 Å². The fourth-order valence-electron chi connectivity index (χ4n) is 2.35. The summed E-state index contributed by atoms with van der Waals surface area (Å²) in [5, 5.41) is 2.67. The minimum atomic E-state index is -0.451. The van der Waals surface area contributed by atoms with Crippen molar-refractivity contribution in [1.82, 2.24) is 10.2 Å². The van der Waals surface area contributed by atoms with E-state index in [0.29, 0.717) is 6.42 Å². The summed E-state index contributed by atoms with van der Waals surface area (Å²) in [4.78, 5) is 25.5. The Balaban J connectivity index is 2.13. The van der Waals surface area contributed by atoms with Gasteiger partial charge in [-0.2, -0.15) is 0 Å². The molecule has 18 heavy (non-hydrogen) atoms. The highest BCUT2D eigenvalue weighted by Gasteiger charge is 2.38. The van der Waals surface area contributed by atoms with Crippen molar-refractivity contribution in [2.45, 2.75) is 45.3 Å². The summed E-state index contributed by atoms with van der Waals surface area (Å²) in [6.45, 7) is 5.39. The molecular formula is C13H18N2O3. The van der Waals surface area contributed by atoms with Crippen molar-refractivity contribution in [1.29, 1.82) is 0 Å². The van der Waals surface area contributed by atoms with Gasteiger partial charge in [-0.15, -0.1) is 0 Å². The van der Waals surface area contributed by atoms with Crippen molar-refractivity contribution in [3.8, 4) is 0 Å². The number of carbonyl (C=O) groups excluding carboxylic acids is 2. The Kier molecular flexibility index (Phi) is 3.41. The summed E-state index contributed by atoms with van der Waals surface area (Å²) >= 11 is 0. The highest BCUT2D eigenvalue weighted by molar-refractivity contribution is 5.96. The monoisotopic (exact) mass is 250 g/mol. The fourth-order valence-corrected chi connectivity index (χ4v) is 2.35. The molecule has 2 heterocycles. The Morgan fingerprint density at radius 2 is 2.17 bits per heavy atom. The van der Waals surface area contributed by atoms with Gasteiger partial charge in [0.1, 0.15) is 17.8 Å². The predicted octanol–water partition coefficient (Wildman–Crippen LogP) is 0.946. The number of piperazine rings is 1. The number of amides is 2. The van der Waals surface area contributed by atoms with Gasteiger partial charge >= 0.3 is 0 Å². The Hall–Kier alpha value is -1.78. The maximum Gasteiger partial charge on any atom is 0.245 e. The van der Waals surface area contributed by atoms with E-state index in [1.807, 2.05) is 19.1 Å². The van der Waals surface area contributed by atoms with Crippen molar-refractivity contribution in [2.75, 3.05) is 0 Å². The molecule has 0 bridgehead atoms. The minimum absolute atomic E-state index is 0.0406. The van der Waals surface area contributed by atoms with Crippen LogP contribution >= 0.6 is 0 Å². The summed E-state index contributed by atoms with van der Waals surface area (Å²) in [7, 11) is 0. The normalized spacial score (nSPS) is 26.1. The molecule has 0 aliphatic carbocycles. The zero-order chi connectivity index (χ0) is 13.3. The molecule has 0 aromatic carbocycles. The second-order valence-corrected chi connectivity index (χ2v) is 4.78. The van der Waals surface area contributed by atoms with Crippen LogP contribution in [0.3, 0.4) is 0 Å². The largest absolute Gasteiger partial charge is 0.469 e. The van der Waals surface area contributed by atoms with Crippen LogP contribution in [-0.4, -0.2) is 34.8 Å². The molecule has 3 unspecified atom stereocenters. The molecule has 1 aromatic heterocycles. The van der Waals surface area contributed by atoms with E-state index in [1.165, 1.54) is 0 Å². The van der Waals surface area contributed by atoms with Crippen LogP contribution in [0.4, 0.5) is 0 Å². The molecule has 1 aromatic rings. The van der Waals surface area contributed by atoms with Crippen LogP contribution in [0.5, 0.6) is 0 Å². The van der Waals surface area contributed by atoms with Crippen molar-refractivity contribution < 1.29 is 14.0 Å². The average Bonchev–Trinajstić information content (AvgIpc) is 2.79. The second-order valence-electron chi connectivity index (χ2n) is 4.78. The van der Waals surface area contributed by atoms with Crippen LogP contribution in [0, 0.1) is 0 Å². The van der Waals surface area contributed by atoms with Gasteiger partial charge in [-0.3, -0.25) is 9.59 Å². The van der Waals surface area contributed by atoms with Gasteiger partial charge < -0.3 is 14.6 Å². The van der Waals surface area contributed by atoms with Crippen molar-refractivity contribution in [3.63, 3.8) is 0 Å². The van der Waals surface area contributed by atoms with E-state index < -0.39 is 12.1 Å². The lowest BCUT2D eigenvalue weighted by atomic mass is 10.0. The number of hydrogen-bond acceptors (Lipinski definition) is 3. The fraction of sp³-hybridized carbons (Fsp3) is 0.538. The van der Waals surface area contributed by atoms with Gasteiger partial charge in [0, 0.05) is 12.5 Å². The molecule has 2 rings (SSSR count). The smallest absolute Gasteiger partial charge is 0.245 e. The third-order valence-corrected chi connectivity index (χ3v) is 3.33. The zero-order valence-corrected chi connectivity index (χ0v) is 10.8. The lowest BCUT2D eigenvalue weighted by Crippen LogP contribution is -2.63. The summed E-state index contributed by atoms with van der Waals surface area (Å²) in [6.07, 6.45) is 2.22. The predicted molar refractivity (Wildman–Crippen MR) is 65.8 cm³/mol. The average molecular weight is 250 g/mol. The van der Waals surface area contributed by atoms with E-state index in [2.05, 4.69) is 5.32 Å². The molecule has 0 radical (unpaired) electrons. The van der Waals surface area contributed by atoms with Gasteiger partial charge in [0.05, 0.1) is 6.26 Å². The lowest BCUT2D eigenvalue weighted by molar-refractivity contribution is -0.150. The van der Waals surface area contributed by atoms with E-state index >= 15 is 0 Å². The number of furan rings is 1. The van der Waals surface area contributed by atoms with Gasteiger partial charge in [0.25, 0.3) is 0 Å². The van der Waals surface area contributed by atoms with E-state index in [-0.39, 0.29) is 17.9 Å². The lowest BCUT2D eigenvalue weighted by Gasteiger charge is -2.39. The van der Waals surface area contributed by atoms with Crippen LogP contribution in [-0.2, 0) is 16.0 Å². The first-order valence-electron chi connectivity index (χ1n) is 6.15. The van der Waals surface area contributed by atoms with Crippen LogP contribution in [0.1, 0.15) is 26.5 Å². The number of hydrogen-bond donors (Lipinski definition) is 1. The van der Waals surface area contributed by atoms with E-state index in [1.54, 1.807) is 25.0 Å². The molecule has 5 heteroatoms. The zero-order valence-electron chi connectivity index (χ0n) is 10.8. The van der Waals surface area contributed by atoms with Crippen LogP contribution in [0.15, 0.2) is 22.8 Å². The summed E-state index contributed by atoms with van der Waals surface area (Å²) in [6, 6.07) is 2.75. The second kappa shape index (κ2) is 4.84. The van der Waals surface area contributed by atoms with Gasteiger partial charge in [0.15, 0.2) is 0 Å². The van der Waals surface area contributed by atoms with E-state index in [4.69, 9.17) is 4.42 Å². The molecule has 1 N–H and O–H groups in total. The summed E-state index contributed by atoms with van der Waals surface area (Å²) < 4.78 is 5.28. The number of nitrogens with one attached hydrogen (secondary N) is 1. The molecule has 0 saturated carbocycles. The minimum Gasteiger partial charge on any atom is -0.469 e. The molecule has 1 saturated heterocycles. The number of carbonyl (C=O) groups is 2. The number of rotatable bonds is 3. The van der Waals surface area contributed by atoms with Crippen molar-refractivity contribution >= 4 is 11.8 Å². The third-order valence-electron chi connectivity index (χ3n) is 3.33. The first-order chi connectivity index (χ1) is 8.50. The molecule has 0 spiro atoms. The van der Waals surface area contributed by atoms with E-state index in [9.17, 15) is 9.59 Å². The molecule has 1 fully saturated rings. The molecule has 98 valence electrons. The van der Waals surface area contributed by atoms with Gasteiger partial charge in [0.2, 0.25) is 11.8 Å². The van der Waals surface area contributed by atoms with Crippen molar-refractivity contribution in [2.24, 2.45) is 0 Å². The Bertz CT molecular complexity index is 441. The third kappa shape index (κ3) is 2.25. The highest BCUT2D eigenvalue weighted by atomic mass is 16.3. The highest BCUT2D eigenvalue weighted by Crippen LogP contribution is 2.17. The van der Waals surface area contributed by atoms with Crippen LogP contribution < -0.4 is 5.32 Å². The molecule has 1 aliphatic heterocycles. The van der Waals surface area contributed by atoms with Gasteiger partial charge in [-0.25, -0.2) is 0 Å². The van der Waals surface area contributed by atoms with Crippen LogP contribution in [0.2, 0.25) is 0 Å². The molecule has 5 nitrogen and oxygen atoms in total. The molecule has 1 aliphatic rings. The maximum atomic E-state index is 12.1. The standard InChI is InChI=1S/C13H18N2O3/c1-8(7-11-5-4-6-18-11)15-10(3)12(16)14-9(2)13(15)17/h4-6,8-10H,7H2,1-3H3,(H,14,16). The van der Waals surface area contributed by atoms with Crippen LogP contribution in [0.25, 0.3) is 0 Å². The molecular weight excluding hydrogens is 232 g/mol. The Morgan fingerprint density at radius 3 is 2.78 bits per heavy atom.